The third kappa shape index (κ3) is 3.17. The molecule has 0 saturated carbocycles. The van der Waals surface area contributed by atoms with Crippen LogP contribution in [0.15, 0.2) is 24.0 Å². The fraction of sp³-hybridized carbons (Fsp3) is 0.600. The van der Waals surface area contributed by atoms with Gasteiger partial charge < -0.3 is 35.1 Å². The molecule has 2 aliphatic carbocycles. The van der Waals surface area contributed by atoms with Crippen LogP contribution in [0.2, 0.25) is 0 Å². The molecular weight excluding hydrogens is 440 g/mol. The van der Waals surface area contributed by atoms with Crippen LogP contribution in [0.1, 0.15) is 44.2 Å². The normalized spacial score (nSPS) is 31.9. The smallest absolute Gasteiger partial charge is 0.323 e. The lowest BCUT2D eigenvalue weighted by Crippen LogP contribution is -2.74. The van der Waals surface area contributed by atoms with Gasteiger partial charge in [-0.1, -0.05) is 19.9 Å². The molecule has 9 heteroatoms. The summed E-state index contributed by atoms with van der Waals surface area (Å²) < 4.78 is 17.1. The topological polar surface area (TPSA) is 132 Å². The number of ether oxygens (including phenoxy) is 3. The number of rotatable bonds is 6. The second-order valence-electron chi connectivity index (χ2n) is 10.4. The molecule has 0 unspecified atom stereocenters. The summed E-state index contributed by atoms with van der Waals surface area (Å²) in [6.45, 7) is 4.77. The number of nitrogens with zero attached hydrogens (tertiary/aromatic N) is 1. The van der Waals surface area contributed by atoms with Gasteiger partial charge >= 0.3 is 11.9 Å². The summed E-state index contributed by atoms with van der Waals surface area (Å²) in [5.74, 6) is -0.536. The Bertz CT molecular complexity index is 1070. The first-order valence-electron chi connectivity index (χ1n) is 11.9. The molecule has 1 spiro atoms. The average molecular weight is 473 g/mol. The Morgan fingerprint density at radius 2 is 2.12 bits per heavy atom. The fourth-order valence-corrected chi connectivity index (χ4v) is 6.23. The van der Waals surface area contributed by atoms with Gasteiger partial charge in [0.2, 0.25) is 0 Å². The Kier molecular flexibility index (Phi) is 5.42. The number of hydrogen-bond donors (Lipinski definition) is 3. The van der Waals surface area contributed by atoms with E-state index in [9.17, 15) is 19.8 Å². The van der Waals surface area contributed by atoms with E-state index in [4.69, 9.17) is 19.9 Å². The molecule has 2 bridgehead atoms. The van der Waals surface area contributed by atoms with Crippen molar-refractivity contribution in [3.63, 3.8) is 0 Å². The predicted molar refractivity (Wildman–Crippen MR) is 121 cm³/mol. The van der Waals surface area contributed by atoms with Crippen molar-refractivity contribution in [3.8, 4) is 11.5 Å². The SMILES string of the molecule is CC(C)COC(=O)[C@@H](N)CC(=O)OC1=CC[C@@]2(O)[C@H]3Cc4ccc(O)c5c4[C@@]2(CCN3C)[C@H]1O5. The maximum Gasteiger partial charge on any atom is 0.323 e. The summed E-state index contributed by atoms with van der Waals surface area (Å²) >= 11 is 0. The van der Waals surface area contributed by atoms with E-state index in [2.05, 4.69) is 4.90 Å². The maximum absolute atomic E-state index is 12.7. The molecule has 4 N–H and O–H groups in total. The number of likely N-dealkylation sites (N-methyl/N-ethyl adjacent to an activating group) is 1. The van der Waals surface area contributed by atoms with Crippen LogP contribution in [0.25, 0.3) is 0 Å². The maximum atomic E-state index is 12.7. The number of piperidine rings is 1. The molecular formula is C25H32N2O7. The lowest BCUT2D eigenvalue weighted by atomic mass is 9.50. The van der Waals surface area contributed by atoms with Crippen molar-refractivity contribution in [1.82, 2.24) is 4.90 Å². The van der Waals surface area contributed by atoms with E-state index in [1.807, 2.05) is 27.0 Å². The van der Waals surface area contributed by atoms with E-state index < -0.39 is 35.1 Å². The molecule has 1 aromatic carbocycles. The van der Waals surface area contributed by atoms with Crippen LogP contribution in [0.5, 0.6) is 11.5 Å². The van der Waals surface area contributed by atoms with Crippen molar-refractivity contribution in [1.29, 1.82) is 0 Å². The van der Waals surface area contributed by atoms with Gasteiger partial charge in [-0.25, -0.2) is 0 Å². The van der Waals surface area contributed by atoms with E-state index in [0.717, 1.165) is 17.7 Å². The van der Waals surface area contributed by atoms with Crippen molar-refractivity contribution in [3.05, 3.63) is 35.1 Å². The van der Waals surface area contributed by atoms with Crippen LogP contribution in [-0.4, -0.2) is 71.0 Å². The van der Waals surface area contributed by atoms with Crippen molar-refractivity contribution in [2.24, 2.45) is 11.7 Å². The number of aromatic hydroxyl groups is 1. The zero-order valence-electron chi connectivity index (χ0n) is 19.7. The number of esters is 2. The standard InChI is InChI=1S/C25H32N2O7/c1-13(2)12-32-23(30)15(26)11-19(29)33-17-6-7-25(31)18-10-14-4-5-16(28)21-20(14)24(25,22(17)34-21)8-9-27(18)3/h4-6,13,15,18,22,28,31H,7-12,26H2,1-3H3/t15-,18+,22-,24-,25+/m0/s1. The quantitative estimate of drug-likeness (QED) is 0.521. The highest BCUT2D eigenvalue weighted by Gasteiger charge is 2.72. The molecule has 184 valence electrons. The van der Waals surface area contributed by atoms with E-state index in [0.29, 0.717) is 18.6 Å². The van der Waals surface area contributed by atoms with Gasteiger partial charge in [-0.05, 0) is 50.1 Å². The average Bonchev–Trinajstić information content (AvgIpc) is 3.14. The summed E-state index contributed by atoms with van der Waals surface area (Å²) in [5.41, 5.74) is 5.74. The van der Waals surface area contributed by atoms with Gasteiger partial charge in [0.05, 0.1) is 24.0 Å². The van der Waals surface area contributed by atoms with Crippen LogP contribution in [0.4, 0.5) is 0 Å². The van der Waals surface area contributed by atoms with Gasteiger partial charge in [-0.3, -0.25) is 9.59 Å². The molecule has 4 aliphatic rings. The van der Waals surface area contributed by atoms with Crippen LogP contribution in [-0.2, 0) is 30.9 Å². The van der Waals surface area contributed by atoms with E-state index >= 15 is 0 Å². The number of benzene rings is 1. The third-order valence-electron chi connectivity index (χ3n) is 7.83. The Morgan fingerprint density at radius 1 is 1.35 bits per heavy atom. The number of carbonyl (C=O) groups excluding carboxylic acids is 2. The van der Waals surface area contributed by atoms with Gasteiger partial charge in [0.15, 0.2) is 17.6 Å². The first-order chi connectivity index (χ1) is 16.1. The summed E-state index contributed by atoms with van der Waals surface area (Å²) in [6, 6.07) is 2.23. The Labute approximate surface area is 198 Å². The number of hydrogen-bond acceptors (Lipinski definition) is 9. The van der Waals surface area contributed by atoms with Gasteiger partial charge in [0, 0.05) is 18.0 Å². The summed E-state index contributed by atoms with van der Waals surface area (Å²) in [6.07, 6.45) is 2.10. The number of phenolic OH excluding ortho intramolecular Hbond substituents is 1. The highest BCUT2D eigenvalue weighted by molar-refractivity contribution is 5.83. The largest absolute Gasteiger partial charge is 0.504 e. The third-order valence-corrected chi connectivity index (χ3v) is 7.83. The molecule has 1 fully saturated rings. The molecule has 1 aromatic rings. The number of likely N-dealkylation sites (tertiary alicyclic amines) is 1. The molecule has 5 atom stereocenters. The molecule has 1 saturated heterocycles. The van der Waals surface area contributed by atoms with Gasteiger partial charge in [0.25, 0.3) is 0 Å². The number of carbonyl (C=O) groups is 2. The van der Waals surface area contributed by atoms with Crippen LogP contribution >= 0.6 is 0 Å². The first-order valence-corrected chi connectivity index (χ1v) is 11.9. The van der Waals surface area contributed by atoms with E-state index in [1.165, 1.54) is 0 Å². The Balaban J connectivity index is 1.42. The Hall–Kier alpha value is -2.62. The van der Waals surface area contributed by atoms with Crippen molar-refractivity contribution in [2.75, 3.05) is 20.2 Å². The number of phenols is 1. The van der Waals surface area contributed by atoms with E-state index in [-0.39, 0.29) is 42.9 Å². The lowest BCUT2D eigenvalue weighted by molar-refractivity contribution is -0.169. The molecule has 2 aliphatic heterocycles. The van der Waals surface area contributed by atoms with Crippen LogP contribution < -0.4 is 10.5 Å². The number of aliphatic hydroxyl groups is 1. The number of nitrogens with two attached hydrogens (primary N) is 1. The monoisotopic (exact) mass is 472 g/mol. The van der Waals surface area contributed by atoms with Crippen LogP contribution in [0.3, 0.4) is 0 Å². The van der Waals surface area contributed by atoms with E-state index in [1.54, 1.807) is 12.1 Å². The van der Waals surface area contributed by atoms with Crippen molar-refractivity contribution < 1.29 is 34.0 Å². The van der Waals surface area contributed by atoms with Crippen molar-refractivity contribution in [2.45, 2.75) is 68.7 Å². The zero-order valence-corrected chi connectivity index (χ0v) is 19.7. The fourth-order valence-electron chi connectivity index (χ4n) is 6.23. The van der Waals surface area contributed by atoms with Gasteiger partial charge in [-0.2, -0.15) is 0 Å². The van der Waals surface area contributed by atoms with Gasteiger partial charge in [0.1, 0.15) is 11.8 Å². The van der Waals surface area contributed by atoms with Crippen molar-refractivity contribution >= 4 is 11.9 Å². The minimum atomic E-state index is -1.14. The summed E-state index contributed by atoms with van der Waals surface area (Å²) in [5, 5.41) is 22.6. The molecule has 0 radical (unpaired) electrons. The minimum Gasteiger partial charge on any atom is -0.504 e. The van der Waals surface area contributed by atoms with Gasteiger partial charge in [-0.15, -0.1) is 0 Å². The van der Waals surface area contributed by atoms with Crippen LogP contribution in [0, 0.1) is 5.92 Å². The molecule has 9 nitrogen and oxygen atoms in total. The second-order valence-corrected chi connectivity index (χ2v) is 10.4. The molecule has 0 aromatic heterocycles. The zero-order chi connectivity index (χ0) is 24.4. The first kappa shape index (κ1) is 23.1. The minimum absolute atomic E-state index is 0.00264. The Morgan fingerprint density at radius 3 is 2.85 bits per heavy atom. The highest BCUT2D eigenvalue weighted by atomic mass is 16.6. The summed E-state index contributed by atoms with van der Waals surface area (Å²) in [4.78, 5) is 27.0. The molecule has 2 heterocycles. The molecule has 0 amide bonds. The second kappa shape index (κ2) is 7.96. The highest BCUT2D eigenvalue weighted by Crippen LogP contribution is 2.65. The lowest BCUT2D eigenvalue weighted by Gasteiger charge is -2.61. The summed E-state index contributed by atoms with van der Waals surface area (Å²) in [7, 11) is 2.01. The predicted octanol–water partition coefficient (Wildman–Crippen LogP) is 1.13. The molecule has 34 heavy (non-hydrogen) atoms. The molecule has 5 rings (SSSR count).